The minimum absolute atomic E-state index is 0.282. The number of hydrogen-bond acceptors (Lipinski definition) is 7. The highest BCUT2D eigenvalue weighted by Gasteiger charge is 2.27. The molecule has 0 aromatic carbocycles. The molecule has 0 spiro atoms. The number of rotatable bonds is 7. The monoisotopic (exact) mass is 412 g/mol. The van der Waals surface area contributed by atoms with Crippen LogP contribution in [0, 0.1) is 11.8 Å². The van der Waals surface area contributed by atoms with Crippen molar-refractivity contribution in [2.24, 2.45) is 11.8 Å². The van der Waals surface area contributed by atoms with Gasteiger partial charge >= 0.3 is 0 Å². The van der Waals surface area contributed by atoms with Crippen LogP contribution >= 0.6 is 11.3 Å². The molecule has 2 aliphatic rings. The Balaban J connectivity index is 1.35. The van der Waals surface area contributed by atoms with Gasteiger partial charge in [-0.25, -0.2) is 4.98 Å². The molecule has 5 rings (SSSR count). The summed E-state index contributed by atoms with van der Waals surface area (Å²) < 4.78 is 1.07. The van der Waals surface area contributed by atoms with Gasteiger partial charge in [-0.15, -0.1) is 11.3 Å². The topological polar surface area (TPSA) is 90.0 Å². The van der Waals surface area contributed by atoms with Gasteiger partial charge in [0.05, 0.1) is 10.2 Å². The molecule has 1 aliphatic heterocycles. The van der Waals surface area contributed by atoms with Gasteiger partial charge in [-0.2, -0.15) is 10.1 Å². The molecular formula is C21H28N6OS. The lowest BCUT2D eigenvalue weighted by atomic mass is 9.84. The average Bonchev–Trinajstić information content (AvgIpc) is 3.29. The van der Waals surface area contributed by atoms with Crippen LogP contribution in [0.2, 0.25) is 0 Å². The highest BCUT2D eigenvalue weighted by atomic mass is 32.1. The number of aliphatic hydroxyl groups is 1. The summed E-state index contributed by atoms with van der Waals surface area (Å²) in [6.45, 7) is 4.46. The van der Waals surface area contributed by atoms with E-state index in [1.54, 1.807) is 11.3 Å². The van der Waals surface area contributed by atoms with E-state index in [1.165, 1.54) is 18.5 Å². The normalized spacial score (nSPS) is 19.0. The number of thiophene rings is 1. The van der Waals surface area contributed by atoms with E-state index < -0.39 is 0 Å². The zero-order valence-corrected chi connectivity index (χ0v) is 17.6. The van der Waals surface area contributed by atoms with Gasteiger partial charge in [0.15, 0.2) is 11.6 Å². The lowest BCUT2D eigenvalue weighted by Gasteiger charge is -2.35. The summed E-state index contributed by atoms with van der Waals surface area (Å²) in [5.74, 6) is 4.35. The summed E-state index contributed by atoms with van der Waals surface area (Å²) in [6.07, 6.45) is 5.64. The van der Waals surface area contributed by atoms with E-state index in [4.69, 9.17) is 9.97 Å². The number of hydrogen-bond donors (Lipinski definition) is 3. The van der Waals surface area contributed by atoms with Crippen LogP contribution in [0.25, 0.3) is 10.2 Å². The molecule has 3 aromatic rings. The maximum atomic E-state index is 9.22. The van der Waals surface area contributed by atoms with E-state index in [9.17, 15) is 5.11 Å². The molecule has 7 nitrogen and oxygen atoms in total. The summed E-state index contributed by atoms with van der Waals surface area (Å²) in [7, 11) is 0. The number of anilines is 3. The Hall–Kier alpha value is -2.19. The van der Waals surface area contributed by atoms with E-state index in [0.717, 1.165) is 60.2 Å². The van der Waals surface area contributed by atoms with E-state index in [1.807, 2.05) is 0 Å². The lowest BCUT2D eigenvalue weighted by molar-refractivity contribution is 0.210. The van der Waals surface area contributed by atoms with Crippen LogP contribution in [0.3, 0.4) is 0 Å². The van der Waals surface area contributed by atoms with Crippen LogP contribution in [-0.2, 0) is 0 Å². The van der Waals surface area contributed by atoms with Crippen molar-refractivity contribution >= 4 is 39.1 Å². The number of nitrogens with zero attached hydrogens (tertiary/aromatic N) is 4. The smallest absolute Gasteiger partial charge is 0.227 e. The van der Waals surface area contributed by atoms with Crippen molar-refractivity contribution in [1.29, 1.82) is 0 Å². The Morgan fingerprint density at radius 3 is 2.86 bits per heavy atom. The first-order chi connectivity index (χ1) is 14.2. The summed E-state index contributed by atoms with van der Waals surface area (Å²) in [4.78, 5) is 12.0. The van der Waals surface area contributed by atoms with Crippen molar-refractivity contribution < 1.29 is 5.11 Å². The molecule has 2 fully saturated rings. The Morgan fingerprint density at radius 2 is 2.10 bits per heavy atom. The standard InChI is InChI=1S/C21H28N6OS/c1-13(6-10-28)14-4-8-27(9-5-14)21-22-16-7-11-29-19(16)20(24-21)23-18-12-17(25-26-18)15-2-3-15/h7,11-15,28H,2-6,8-10H2,1H3,(H2,22,23,24,25,26). The molecule has 4 heterocycles. The Kier molecular flexibility index (Phi) is 5.13. The number of aromatic nitrogens is 4. The van der Waals surface area contributed by atoms with Gasteiger partial charge in [-0.1, -0.05) is 6.92 Å². The maximum absolute atomic E-state index is 9.22. The first-order valence-electron chi connectivity index (χ1n) is 10.6. The molecule has 1 saturated heterocycles. The van der Waals surface area contributed by atoms with Crippen LogP contribution < -0.4 is 10.2 Å². The molecule has 0 radical (unpaired) electrons. The van der Waals surface area contributed by atoms with Crippen molar-refractivity contribution in [3.05, 3.63) is 23.2 Å². The van der Waals surface area contributed by atoms with Crippen molar-refractivity contribution in [2.75, 3.05) is 29.9 Å². The van der Waals surface area contributed by atoms with Gasteiger partial charge in [0.25, 0.3) is 0 Å². The number of nitrogens with one attached hydrogen (secondary N) is 2. The fourth-order valence-electron chi connectivity index (χ4n) is 4.31. The summed E-state index contributed by atoms with van der Waals surface area (Å²) >= 11 is 1.66. The molecule has 3 aromatic heterocycles. The molecular weight excluding hydrogens is 384 g/mol. The number of aliphatic hydroxyl groups excluding tert-OH is 1. The molecule has 1 atom stereocenters. The SMILES string of the molecule is CC(CCO)C1CCN(c2nc(Nc3cc(C4CC4)[nH]n3)c3sccc3n2)CC1. The summed E-state index contributed by atoms with van der Waals surface area (Å²) in [6, 6.07) is 4.17. The van der Waals surface area contributed by atoms with E-state index in [2.05, 4.69) is 44.9 Å². The minimum Gasteiger partial charge on any atom is -0.396 e. The van der Waals surface area contributed by atoms with Crippen LogP contribution in [0.5, 0.6) is 0 Å². The molecule has 0 bridgehead atoms. The first-order valence-corrected chi connectivity index (χ1v) is 11.5. The Labute approximate surface area is 174 Å². The van der Waals surface area contributed by atoms with E-state index in [0.29, 0.717) is 17.8 Å². The van der Waals surface area contributed by atoms with E-state index >= 15 is 0 Å². The minimum atomic E-state index is 0.282. The highest BCUT2D eigenvalue weighted by molar-refractivity contribution is 7.17. The second kappa shape index (κ2) is 7.91. The molecule has 1 saturated carbocycles. The molecule has 1 unspecified atom stereocenters. The maximum Gasteiger partial charge on any atom is 0.227 e. The third kappa shape index (κ3) is 3.96. The van der Waals surface area contributed by atoms with Crippen LogP contribution in [0.1, 0.15) is 50.6 Å². The number of fused-ring (bicyclic) bond motifs is 1. The predicted octanol–water partition coefficient (Wildman–Crippen LogP) is 4.27. The molecule has 1 aliphatic carbocycles. The summed E-state index contributed by atoms with van der Waals surface area (Å²) in [5, 5.41) is 22.3. The molecule has 3 N–H and O–H groups in total. The Morgan fingerprint density at radius 1 is 1.28 bits per heavy atom. The molecule has 29 heavy (non-hydrogen) atoms. The van der Waals surface area contributed by atoms with Gasteiger partial charge in [-0.05, 0) is 55.4 Å². The number of aromatic amines is 1. The quantitative estimate of drug-likeness (QED) is 0.537. The second-order valence-electron chi connectivity index (χ2n) is 8.43. The second-order valence-corrected chi connectivity index (χ2v) is 9.35. The van der Waals surface area contributed by atoms with Gasteiger partial charge < -0.3 is 15.3 Å². The van der Waals surface area contributed by atoms with Crippen molar-refractivity contribution in [3.8, 4) is 0 Å². The van der Waals surface area contributed by atoms with Crippen molar-refractivity contribution in [3.63, 3.8) is 0 Å². The zero-order valence-electron chi connectivity index (χ0n) is 16.8. The van der Waals surface area contributed by atoms with E-state index in [-0.39, 0.29) is 6.61 Å². The molecule has 154 valence electrons. The van der Waals surface area contributed by atoms with Gasteiger partial charge in [0.2, 0.25) is 5.95 Å². The Bertz CT molecular complexity index is 973. The predicted molar refractivity (Wildman–Crippen MR) is 117 cm³/mol. The van der Waals surface area contributed by atoms with Crippen LogP contribution in [0.15, 0.2) is 17.5 Å². The fourth-order valence-corrected chi connectivity index (χ4v) is 5.09. The number of piperidine rings is 1. The van der Waals surface area contributed by atoms with Crippen molar-refractivity contribution in [1.82, 2.24) is 20.2 Å². The number of H-pyrrole nitrogens is 1. The summed E-state index contributed by atoms with van der Waals surface area (Å²) in [5.41, 5.74) is 2.19. The third-order valence-corrected chi connectivity index (χ3v) is 7.28. The average molecular weight is 413 g/mol. The van der Waals surface area contributed by atoms with Gasteiger partial charge in [0.1, 0.15) is 0 Å². The third-order valence-electron chi connectivity index (χ3n) is 6.36. The zero-order chi connectivity index (χ0) is 19.8. The first kappa shape index (κ1) is 18.8. The lowest BCUT2D eigenvalue weighted by Crippen LogP contribution is -2.37. The fraction of sp³-hybridized carbons (Fsp3) is 0.571. The van der Waals surface area contributed by atoms with Gasteiger partial charge in [0, 0.05) is 37.4 Å². The molecule has 8 heteroatoms. The highest BCUT2D eigenvalue weighted by Crippen LogP contribution is 2.40. The van der Waals surface area contributed by atoms with Crippen molar-refractivity contribution in [2.45, 2.75) is 44.9 Å². The van der Waals surface area contributed by atoms with Gasteiger partial charge in [-0.3, -0.25) is 5.10 Å². The van der Waals surface area contributed by atoms with Crippen LogP contribution in [-0.4, -0.2) is 45.0 Å². The van der Waals surface area contributed by atoms with Crippen LogP contribution in [0.4, 0.5) is 17.6 Å². The largest absolute Gasteiger partial charge is 0.396 e. The molecule has 0 amide bonds.